The zero-order valence-electron chi connectivity index (χ0n) is 16.1. The smallest absolute Gasteiger partial charge is 0.416 e. The second-order valence-corrected chi connectivity index (χ2v) is 6.75. The van der Waals surface area contributed by atoms with Crippen LogP contribution < -0.4 is 15.8 Å². The number of carbonyl (C=O) groups is 1. The fraction of sp³-hybridized carbons (Fsp3) is 0.0952. The third-order valence-corrected chi connectivity index (χ3v) is 4.54. The minimum atomic E-state index is -4.50. The fourth-order valence-electron chi connectivity index (χ4n) is 3.11. The van der Waals surface area contributed by atoms with Crippen LogP contribution in [0.15, 0.2) is 61.1 Å². The lowest BCUT2D eigenvalue weighted by Gasteiger charge is -2.09. The molecule has 0 spiro atoms. The van der Waals surface area contributed by atoms with Crippen LogP contribution >= 0.6 is 0 Å². The Bertz CT molecular complexity index is 1280. The number of nitrogens with zero attached hydrogens (tertiary/aromatic N) is 3. The van der Waals surface area contributed by atoms with Crippen molar-refractivity contribution in [2.24, 2.45) is 7.05 Å². The predicted octanol–water partition coefficient (Wildman–Crippen LogP) is 4.61. The Morgan fingerprint density at radius 2 is 1.94 bits per heavy atom. The average molecular weight is 427 g/mol. The maximum Gasteiger partial charge on any atom is 0.416 e. The molecule has 0 aliphatic carbocycles. The topological polar surface area (TPSA) is 95.1 Å². The number of carbonyl (C=O) groups excluding carboxylic acids is 1. The summed E-state index contributed by atoms with van der Waals surface area (Å²) in [5.74, 6) is 0.473. The number of fused-ring (bicyclic) bond motifs is 1. The van der Waals surface area contributed by atoms with Gasteiger partial charge in [-0.1, -0.05) is 6.07 Å². The molecule has 3 N–H and O–H groups in total. The first kappa shape index (κ1) is 20.2. The summed E-state index contributed by atoms with van der Waals surface area (Å²) >= 11 is 0. The molecule has 0 fully saturated rings. The quantitative estimate of drug-likeness (QED) is 0.496. The van der Waals surface area contributed by atoms with Crippen LogP contribution in [-0.2, 0) is 13.2 Å². The van der Waals surface area contributed by atoms with Crippen molar-refractivity contribution in [3.63, 3.8) is 0 Å². The molecule has 4 rings (SSSR count). The van der Waals surface area contributed by atoms with Crippen LogP contribution in [0.5, 0.6) is 11.6 Å². The standard InChI is InChI=1S/C21H16F3N5O2/c1-29-10-16(20(30)28-13-4-2-3-12(7-13)21(22,23)24)15-6-5-14(8-17(15)29)31-19-9-18(25)26-11-27-19/h2-11H,1H3,(H,28,30)(H2,25,26,27). The van der Waals surface area contributed by atoms with Crippen molar-refractivity contribution in [3.05, 3.63) is 72.2 Å². The number of hydrogen-bond donors (Lipinski definition) is 2. The molecule has 0 atom stereocenters. The molecular formula is C21H16F3N5O2. The number of alkyl halides is 3. The van der Waals surface area contributed by atoms with Crippen molar-refractivity contribution in [1.82, 2.24) is 14.5 Å². The number of nitrogens with one attached hydrogen (secondary N) is 1. The number of anilines is 2. The predicted molar refractivity (Wildman–Crippen MR) is 109 cm³/mol. The molecule has 2 aromatic heterocycles. The fourth-order valence-corrected chi connectivity index (χ4v) is 3.11. The van der Waals surface area contributed by atoms with E-state index in [1.165, 1.54) is 24.5 Å². The molecule has 158 valence electrons. The maximum atomic E-state index is 12.9. The molecule has 2 aromatic carbocycles. The first-order valence-electron chi connectivity index (χ1n) is 9.04. The van der Waals surface area contributed by atoms with Gasteiger partial charge in [0.05, 0.1) is 16.6 Å². The van der Waals surface area contributed by atoms with Gasteiger partial charge in [0.25, 0.3) is 5.91 Å². The van der Waals surface area contributed by atoms with E-state index < -0.39 is 17.6 Å². The Hall–Kier alpha value is -4.08. The summed E-state index contributed by atoms with van der Waals surface area (Å²) in [5.41, 5.74) is 5.84. The van der Waals surface area contributed by atoms with E-state index in [0.29, 0.717) is 22.2 Å². The molecule has 2 heterocycles. The van der Waals surface area contributed by atoms with E-state index in [4.69, 9.17) is 10.5 Å². The van der Waals surface area contributed by atoms with Gasteiger partial charge in [-0.15, -0.1) is 0 Å². The number of nitrogen functional groups attached to an aromatic ring is 1. The largest absolute Gasteiger partial charge is 0.439 e. The summed E-state index contributed by atoms with van der Waals surface area (Å²) in [5, 5.41) is 3.14. The molecule has 4 aromatic rings. The minimum absolute atomic E-state index is 0.0538. The maximum absolute atomic E-state index is 12.9. The van der Waals surface area contributed by atoms with Crippen molar-refractivity contribution in [2.75, 3.05) is 11.1 Å². The second kappa shape index (κ2) is 7.63. The van der Waals surface area contributed by atoms with Gasteiger partial charge < -0.3 is 20.4 Å². The lowest BCUT2D eigenvalue weighted by Crippen LogP contribution is -2.13. The summed E-state index contributed by atoms with van der Waals surface area (Å²) in [6.07, 6.45) is -1.62. The Kier molecular flexibility index (Phi) is 4.97. The molecule has 1 amide bonds. The molecule has 0 aliphatic heterocycles. The molecule has 0 bridgehead atoms. The van der Waals surface area contributed by atoms with Crippen LogP contribution in [0.2, 0.25) is 0 Å². The van der Waals surface area contributed by atoms with E-state index in [9.17, 15) is 18.0 Å². The zero-order chi connectivity index (χ0) is 22.2. The average Bonchev–Trinajstić information content (AvgIpc) is 3.04. The first-order valence-corrected chi connectivity index (χ1v) is 9.04. The highest BCUT2D eigenvalue weighted by molar-refractivity contribution is 6.13. The lowest BCUT2D eigenvalue weighted by molar-refractivity contribution is -0.137. The summed E-state index contributed by atoms with van der Waals surface area (Å²) < 4.78 is 46.1. The number of benzene rings is 2. The van der Waals surface area contributed by atoms with Crippen molar-refractivity contribution in [2.45, 2.75) is 6.18 Å². The number of aryl methyl sites for hydroxylation is 1. The zero-order valence-corrected chi connectivity index (χ0v) is 16.1. The third-order valence-electron chi connectivity index (χ3n) is 4.54. The van der Waals surface area contributed by atoms with Gasteiger partial charge in [0, 0.05) is 36.5 Å². The van der Waals surface area contributed by atoms with Gasteiger partial charge in [-0.25, -0.2) is 9.97 Å². The SMILES string of the molecule is Cn1cc(C(=O)Nc2cccc(C(F)(F)F)c2)c2ccc(Oc3cc(N)ncn3)cc21. The van der Waals surface area contributed by atoms with Crippen LogP contribution in [0, 0.1) is 0 Å². The highest BCUT2D eigenvalue weighted by Gasteiger charge is 2.30. The number of nitrogens with two attached hydrogens (primary N) is 1. The Morgan fingerprint density at radius 1 is 1.13 bits per heavy atom. The van der Waals surface area contributed by atoms with Gasteiger partial charge in [-0.05, 0) is 30.3 Å². The van der Waals surface area contributed by atoms with Crippen LogP contribution in [0.1, 0.15) is 15.9 Å². The van der Waals surface area contributed by atoms with Crippen LogP contribution in [0.3, 0.4) is 0 Å². The van der Waals surface area contributed by atoms with E-state index in [0.717, 1.165) is 12.1 Å². The monoisotopic (exact) mass is 427 g/mol. The minimum Gasteiger partial charge on any atom is -0.439 e. The molecule has 0 unspecified atom stereocenters. The van der Waals surface area contributed by atoms with Gasteiger partial charge in [-0.3, -0.25) is 4.79 Å². The number of halogens is 3. The van der Waals surface area contributed by atoms with E-state index in [-0.39, 0.29) is 17.4 Å². The van der Waals surface area contributed by atoms with Gasteiger partial charge in [0.15, 0.2) is 0 Å². The van der Waals surface area contributed by atoms with Crippen LogP contribution in [0.25, 0.3) is 10.9 Å². The van der Waals surface area contributed by atoms with E-state index in [1.807, 2.05) is 0 Å². The highest BCUT2D eigenvalue weighted by Crippen LogP contribution is 2.32. The van der Waals surface area contributed by atoms with Crippen molar-refractivity contribution in [1.29, 1.82) is 0 Å². The van der Waals surface area contributed by atoms with Crippen LogP contribution in [0.4, 0.5) is 24.7 Å². The van der Waals surface area contributed by atoms with Crippen molar-refractivity contribution < 1.29 is 22.7 Å². The second-order valence-electron chi connectivity index (χ2n) is 6.75. The van der Waals surface area contributed by atoms with Gasteiger partial charge in [0.1, 0.15) is 17.9 Å². The van der Waals surface area contributed by atoms with E-state index >= 15 is 0 Å². The molecular weight excluding hydrogens is 411 g/mol. The number of hydrogen-bond acceptors (Lipinski definition) is 5. The van der Waals surface area contributed by atoms with E-state index in [1.54, 1.807) is 36.0 Å². The molecule has 31 heavy (non-hydrogen) atoms. The van der Waals surface area contributed by atoms with Gasteiger partial charge >= 0.3 is 6.18 Å². The molecule has 0 saturated heterocycles. The Balaban J connectivity index is 1.60. The molecule has 0 saturated carbocycles. The number of amides is 1. The molecule has 0 radical (unpaired) electrons. The number of ether oxygens (including phenoxy) is 1. The first-order chi connectivity index (χ1) is 14.7. The number of rotatable bonds is 4. The lowest BCUT2D eigenvalue weighted by atomic mass is 10.1. The molecule has 10 heteroatoms. The summed E-state index contributed by atoms with van der Waals surface area (Å²) in [6.45, 7) is 0. The van der Waals surface area contributed by atoms with Crippen LogP contribution in [-0.4, -0.2) is 20.4 Å². The summed E-state index contributed by atoms with van der Waals surface area (Å²) in [4.78, 5) is 20.5. The molecule has 7 nitrogen and oxygen atoms in total. The molecule has 0 aliphatic rings. The normalized spacial score (nSPS) is 11.5. The van der Waals surface area contributed by atoms with Crippen molar-refractivity contribution in [3.8, 4) is 11.6 Å². The van der Waals surface area contributed by atoms with Crippen molar-refractivity contribution >= 4 is 28.3 Å². The summed E-state index contributed by atoms with van der Waals surface area (Å²) in [6, 6.07) is 11.0. The van der Waals surface area contributed by atoms with Gasteiger partial charge in [-0.2, -0.15) is 13.2 Å². The number of aromatic nitrogens is 3. The highest BCUT2D eigenvalue weighted by atomic mass is 19.4. The summed E-state index contributed by atoms with van der Waals surface area (Å²) in [7, 11) is 1.75. The van der Waals surface area contributed by atoms with Gasteiger partial charge in [0.2, 0.25) is 5.88 Å². The third kappa shape index (κ3) is 4.27. The Morgan fingerprint density at radius 3 is 2.68 bits per heavy atom. The van der Waals surface area contributed by atoms with E-state index in [2.05, 4.69) is 15.3 Å². The Labute approximate surface area is 174 Å².